The molecule has 0 heterocycles. The van der Waals surface area contributed by atoms with Gasteiger partial charge < -0.3 is 24.2 Å². The lowest BCUT2D eigenvalue weighted by molar-refractivity contribution is -0.873. The third-order valence-electron chi connectivity index (χ3n) is 2.67. The molecule has 0 saturated heterocycles. The van der Waals surface area contributed by atoms with Gasteiger partial charge in [-0.25, -0.2) is 0 Å². The van der Waals surface area contributed by atoms with Crippen molar-refractivity contribution in [1.82, 2.24) is 0 Å². The van der Waals surface area contributed by atoms with E-state index < -0.39 is 30.4 Å². The molecule has 0 fully saturated rings. The Morgan fingerprint density at radius 1 is 1.14 bits per heavy atom. The third kappa shape index (κ3) is 9.71. The highest BCUT2D eigenvalue weighted by Crippen LogP contribution is 2.16. The summed E-state index contributed by atoms with van der Waals surface area (Å²) in [5, 5.41) is 19.4. The molecule has 0 aliphatic heterocycles. The summed E-state index contributed by atoms with van der Waals surface area (Å²) in [6.45, 7) is 7.44. The lowest BCUT2D eigenvalue weighted by Gasteiger charge is -2.29. The Bertz CT molecular complexity index is 475. The van der Waals surface area contributed by atoms with E-state index in [2.05, 4.69) is 13.2 Å². The normalized spacial score (nSPS) is 12.3. The second kappa shape index (κ2) is 8.33. The first-order chi connectivity index (χ1) is 9.90. The molecule has 0 aromatic heterocycles. The zero-order chi connectivity index (χ0) is 17.5. The molecule has 0 spiro atoms. The fourth-order valence-electron chi connectivity index (χ4n) is 1.77. The van der Waals surface area contributed by atoms with E-state index in [1.54, 1.807) is 0 Å². The Labute approximate surface area is 130 Å². The zero-order valence-corrected chi connectivity index (χ0v) is 13.3. The van der Waals surface area contributed by atoms with Crippen LogP contribution in [0.2, 0.25) is 0 Å². The van der Waals surface area contributed by atoms with Crippen LogP contribution in [-0.4, -0.2) is 61.3 Å². The van der Waals surface area contributed by atoms with Crippen LogP contribution in [0.3, 0.4) is 0 Å². The minimum Gasteiger partial charge on any atom is -0.550 e. The number of carboxylic acid groups (broad SMARTS) is 2. The molecular weight excluding hydrogens is 290 g/mol. The molecule has 0 rings (SSSR count). The maximum absolute atomic E-state index is 11.8. The van der Waals surface area contributed by atoms with Crippen molar-refractivity contribution in [2.45, 2.75) is 25.4 Å². The van der Waals surface area contributed by atoms with Crippen molar-refractivity contribution < 1.29 is 33.8 Å². The van der Waals surface area contributed by atoms with E-state index in [9.17, 15) is 19.5 Å². The van der Waals surface area contributed by atoms with E-state index in [0.29, 0.717) is 11.0 Å². The maximum Gasteiger partial charge on any atom is 0.310 e. The summed E-state index contributed by atoms with van der Waals surface area (Å²) in [5.41, 5.74) is 0.484. The van der Waals surface area contributed by atoms with Crippen molar-refractivity contribution in [1.29, 1.82) is 0 Å². The van der Waals surface area contributed by atoms with Crippen LogP contribution < -0.4 is 5.11 Å². The van der Waals surface area contributed by atoms with Crippen molar-refractivity contribution in [3.8, 4) is 0 Å². The van der Waals surface area contributed by atoms with E-state index in [0.717, 1.165) is 0 Å². The summed E-state index contributed by atoms with van der Waals surface area (Å²) < 4.78 is 5.55. The average molecular weight is 313 g/mol. The first-order valence-corrected chi connectivity index (χ1v) is 6.68. The smallest absolute Gasteiger partial charge is 0.310 e. The number of esters is 1. The topological polar surface area (TPSA) is 104 Å². The number of carboxylic acids is 2. The van der Waals surface area contributed by atoms with Crippen LogP contribution >= 0.6 is 0 Å². The van der Waals surface area contributed by atoms with Gasteiger partial charge >= 0.3 is 11.9 Å². The molecule has 0 aliphatic rings. The van der Waals surface area contributed by atoms with Gasteiger partial charge in [0.2, 0.25) is 0 Å². The number of likely N-dealkylation sites (N-methyl/N-ethyl adjacent to an activating group) is 1. The fourth-order valence-corrected chi connectivity index (χ4v) is 1.77. The molecular formula is C15H23NO6. The quantitative estimate of drug-likeness (QED) is 0.338. The molecule has 0 aromatic rings. The molecule has 7 heteroatoms. The Kier molecular flexibility index (Phi) is 7.52. The fraction of sp³-hybridized carbons (Fsp3) is 0.533. The van der Waals surface area contributed by atoms with E-state index in [-0.39, 0.29) is 24.0 Å². The van der Waals surface area contributed by atoms with Gasteiger partial charge in [0.05, 0.1) is 34.0 Å². The molecule has 0 bridgehead atoms. The number of carbonyl (C=O) groups is 3. The molecule has 0 saturated carbocycles. The van der Waals surface area contributed by atoms with Gasteiger partial charge in [-0.3, -0.25) is 9.59 Å². The van der Waals surface area contributed by atoms with E-state index >= 15 is 0 Å². The van der Waals surface area contributed by atoms with Gasteiger partial charge in [-0.2, -0.15) is 0 Å². The standard InChI is InChI=1S/C15H23NO6/c1-10(6-13(17)18)11(2)7-15(21)22-12(8-14(19)20)9-16(3,4)5/h12H,1-2,6-9H2,3-5H3,(H-,17,18,19,20). The summed E-state index contributed by atoms with van der Waals surface area (Å²) in [5.74, 6) is -3.05. The number of hydrogen-bond acceptors (Lipinski definition) is 5. The van der Waals surface area contributed by atoms with Crippen molar-refractivity contribution in [3.63, 3.8) is 0 Å². The van der Waals surface area contributed by atoms with Crippen LogP contribution in [-0.2, 0) is 19.1 Å². The number of nitrogens with zero attached hydrogens (tertiary/aromatic N) is 1. The molecule has 0 radical (unpaired) electrons. The monoisotopic (exact) mass is 313 g/mol. The molecule has 22 heavy (non-hydrogen) atoms. The Balaban J connectivity index is 4.62. The number of carbonyl (C=O) groups excluding carboxylic acids is 2. The summed E-state index contributed by atoms with van der Waals surface area (Å²) in [4.78, 5) is 33.1. The highest BCUT2D eigenvalue weighted by atomic mass is 16.5. The summed E-state index contributed by atoms with van der Waals surface area (Å²) in [6.07, 6.45) is -1.76. The largest absolute Gasteiger partial charge is 0.550 e. The Morgan fingerprint density at radius 2 is 1.64 bits per heavy atom. The zero-order valence-electron chi connectivity index (χ0n) is 13.3. The molecule has 0 aromatic carbocycles. The summed E-state index contributed by atoms with van der Waals surface area (Å²) in [7, 11) is 5.51. The van der Waals surface area contributed by atoms with Crippen LogP contribution in [0.5, 0.6) is 0 Å². The molecule has 124 valence electrons. The highest BCUT2D eigenvalue weighted by Gasteiger charge is 2.23. The van der Waals surface area contributed by atoms with Crippen molar-refractivity contribution in [2.24, 2.45) is 0 Å². The third-order valence-corrected chi connectivity index (χ3v) is 2.67. The number of quaternary nitrogens is 1. The second-order valence-electron chi connectivity index (χ2n) is 6.12. The van der Waals surface area contributed by atoms with Gasteiger partial charge in [0.25, 0.3) is 0 Å². The predicted molar refractivity (Wildman–Crippen MR) is 77.6 cm³/mol. The SMILES string of the molecule is C=C(CC(=O)O)C(=C)CC(=O)OC(CC(=O)[O-])C[N+](C)(C)C. The minimum atomic E-state index is -1.31. The van der Waals surface area contributed by atoms with E-state index in [1.165, 1.54) is 0 Å². The van der Waals surface area contributed by atoms with Crippen molar-refractivity contribution in [2.75, 3.05) is 27.7 Å². The van der Waals surface area contributed by atoms with Gasteiger partial charge in [0.15, 0.2) is 6.10 Å². The number of hydrogen-bond donors (Lipinski definition) is 1. The van der Waals surface area contributed by atoms with Gasteiger partial charge in [-0.05, 0) is 11.1 Å². The van der Waals surface area contributed by atoms with Crippen LogP contribution in [0.4, 0.5) is 0 Å². The van der Waals surface area contributed by atoms with Crippen molar-refractivity contribution >= 4 is 17.9 Å². The molecule has 0 amide bonds. The van der Waals surface area contributed by atoms with Gasteiger partial charge in [-0.15, -0.1) is 0 Å². The maximum atomic E-state index is 11.8. The lowest BCUT2D eigenvalue weighted by atomic mass is 10.0. The predicted octanol–water partition coefficient (Wildman–Crippen LogP) is -0.278. The highest BCUT2D eigenvalue weighted by molar-refractivity contribution is 5.77. The number of ether oxygens (including phenoxy) is 1. The molecule has 1 N–H and O–H groups in total. The van der Waals surface area contributed by atoms with E-state index in [1.807, 2.05) is 21.1 Å². The molecule has 1 atom stereocenters. The number of rotatable bonds is 10. The molecule has 7 nitrogen and oxygen atoms in total. The first kappa shape index (κ1) is 19.9. The summed E-state index contributed by atoms with van der Waals surface area (Å²) in [6, 6.07) is 0. The summed E-state index contributed by atoms with van der Waals surface area (Å²) >= 11 is 0. The van der Waals surface area contributed by atoms with Gasteiger partial charge in [0, 0.05) is 12.4 Å². The van der Waals surface area contributed by atoms with Crippen LogP contribution in [0, 0.1) is 0 Å². The Morgan fingerprint density at radius 3 is 2.05 bits per heavy atom. The van der Waals surface area contributed by atoms with Crippen LogP contribution in [0.1, 0.15) is 19.3 Å². The first-order valence-electron chi connectivity index (χ1n) is 6.68. The van der Waals surface area contributed by atoms with Gasteiger partial charge in [-0.1, -0.05) is 13.2 Å². The average Bonchev–Trinajstić information content (AvgIpc) is 2.23. The molecule has 1 unspecified atom stereocenters. The Hall–Kier alpha value is -2.15. The van der Waals surface area contributed by atoms with Crippen molar-refractivity contribution in [3.05, 3.63) is 24.3 Å². The van der Waals surface area contributed by atoms with E-state index in [4.69, 9.17) is 9.84 Å². The van der Waals surface area contributed by atoms with Crippen LogP contribution in [0.25, 0.3) is 0 Å². The molecule has 0 aliphatic carbocycles. The van der Waals surface area contributed by atoms with Crippen LogP contribution in [0.15, 0.2) is 24.3 Å². The second-order valence-corrected chi connectivity index (χ2v) is 6.12. The van der Waals surface area contributed by atoms with Gasteiger partial charge in [0.1, 0.15) is 6.54 Å². The minimum absolute atomic E-state index is 0.229. The lowest BCUT2D eigenvalue weighted by Crippen LogP contribution is -2.45. The number of aliphatic carboxylic acids is 2.